The number of nitrogens with zero attached hydrogens (tertiary/aromatic N) is 2. The van der Waals surface area contributed by atoms with Crippen molar-refractivity contribution in [3.8, 4) is 5.69 Å². The van der Waals surface area contributed by atoms with Crippen LogP contribution in [-0.2, 0) is 17.8 Å². The van der Waals surface area contributed by atoms with Crippen LogP contribution in [0.15, 0.2) is 38.7 Å². The van der Waals surface area contributed by atoms with Crippen molar-refractivity contribution >= 4 is 49.2 Å². The van der Waals surface area contributed by atoms with E-state index >= 15 is 0 Å². The molecule has 0 aliphatic carbocycles. The molecule has 0 unspecified atom stereocenters. The second-order valence-corrected chi connectivity index (χ2v) is 10.3. The van der Waals surface area contributed by atoms with E-state index in [4.69, 9.17) is 9.72 Å². The van der Waals surface area contributed by atoms with Crippen LogP contribution in [0.4, 0.5) is 0 Å². The molecule has 3 heterocycles. The summed E-state index contributed by atoms with van der Waals surface area (Å²) in [6.45, 7) is 6.84. The van der Waals surface area contributed by atoms with Crippen LogP contribution in [0.2, 0.25) is 0 Å². The third kappa shape index (κ3) is 3.62. The number of halogens is 1. The standard InChI is InChI=1S/C20H21BrN2O2S2/c1-4-8-26-19-22-17-16(14-10-20(2,3)25-11-15(14)27-17)18(24)23(19)13-7-5-6-12(21)9-13/h5-7,9H,4,8,10-11H2,1-3H3. The number of hydrogen-bond acceptors (Lipinski definition) is 5. The lowest BCUT2D eigenvalue weighted by molar-refractivity contribution is -0.0379. The third-order valence-corrected chi connectivity index (χ3v) is 7.31. The minimum absolute atomic E-state index is 0.0203. The molecule has 27 heavy (non-hydrogen) atoms. The van der Waals surface area contributed by atoms with E-state index in [1.165, 1.54) is 0 Å². The summed E-state index contributed by atoms with van der Waals surface area (Å²) in [5.41, 5.74) is 1.71. The molecule has 0 spiro atoms. The molecule has 0 fully saturated rings. The second kappa shape index (κ2) is 7.35. The highest BCUT2D eigenvalue weighted by molar-refractivity contribution is 9.10. The van der Waals surface area contributed by atoms with Gasteiger partial charge in [0.1, 0.15) is 4.83 Å². The molecule has 142 valence electrons. The molecule has 0 atom stereocenters. The van der Waals surface area contributed by atoms with Crippen LogP contribution in [0.5, 0.6) is 0 Å². The van der Waals surface area contributed by atoms with Crippen LogP contribution in [0.1, 0.15) is 37.6 Å². The number of benzene rings is 1. The molecule has 4 rings (SSSR count). The van der Waals surface area contributed by atoms with E-state index < -0.39 is 0 Å². The summed E-state index contributed by atoms with van der Waals surface area (Å²) >= 11 is 6.75. The van der Waals surface area contributed by atoms with E-state index in [9.17, 15) is 4.79 Å². The normalized spacial score (nSPS) is 15.9. The number of aromatic nitrogens is 2. The molecule has 3 aromatic rings. The van der Waals surface area contributed by atoms with Gasteiger partial charge >= 0.3 is 0 Å². The van der Waals surface area contributed by atoms with Gasteiger partial charge in [-0.15, -0.1) is 11.3 Å². The van der Waals surface area contributed by atoms with Crippen LogP contribution < -0.4 is 5.56 Å². The van der Waals surface area contributed by atoms with Gasteiger partial charge in [0.2, 0.25) is 0 Å². The van der Waals surface area contributed by atoms with Gasteiger partial charge in [-0.3, -0.25) is 9.36 Å². The van der Waals surface area contributed by atoms with Gasteiger partial charge in [0.15, 0.2) is 5.16 Å². The van der Waals surface area contributed by atoms with E-state index in [0.717, 1.165) is 54.6 Å². The summed E-state index contributed by atoms with van der Waals surface area (Å²) in [4.78, 5) is 20.5. The van der Waals surface area contributed by atoms with Crippen LogP contribution in [-0.4, -0.2) is 20.9 Å². The smallest absolute Gasteiger partial charge is 0.267 e. The summed E-state index contributed by atoms with van der Waals surface area (Å²) in [6.07, 6.45) is 1.76. The van der Waals surface area contributed by atoms with Crippen molar-refractivity contribution in [3.05, 3.63) is 49.5 Å². The second-order valence-electron chi connectivity index (χ2n) is 7.27. The maximum Gasteiger partial charge on any atom is 0.267 e. The largest absolute Gasteiger partial charge is 0.370 e. The number of fused-ring (bicyclic) bond motifs is 3. The van der Waals surface area contributed by atoms with Gasteiger partial charge in [-0.25, -0.2) is 4.98 Å². The Morgan fingerprint density at radius 3 is 2.96 bits per heavy atom. The Hall–Kier alpha value is -1.15. The molecule has 0 N–H and O–H groups in total. The van der Waals surface area contributed by atoms with E-state index in [0.29, 0.717) is 6.61 Å². The molecule has 0 saturated carbocycles. The van der Waals surface area contributed by atoms with Crippen molar-refractivity contribution in [2.45, 2.75) is 51.0 Å². The molecule has 4 nitrogen and oxygen atoms in total. The number of thioether (sulfide) groups is 1. The van der Waals surface area contributed by atoms with E-state index in [1.807, 2.05) is 24.3 Å². The van der Waals surface area contributed by atoms with E-state index in [-0.39, 0.29) is 11.2 Å². The summed E-state index contributed by atoms with van der Waals surface area (Å²) in [5.74, 6) is 0.924. The maximum atomic E-state index is 13.6. The highest BCUT2D eigenvalue weighted by Gasteiger charge is 2.31. The first-order valence-electron chi connectivity index (χ1n) is 8.99. The first-order chi connectivity index (χ1) is 12.9. The minimum Gasteiger partial charge on any atom is -0.370 e. The quantitative estimate of drug-likeness (QED) is 0.374. The highest BCUT2D eigenvalue weighted by atomic mass is 79.9. The Balaban J connectivity index is 1.99. The summed E-state index contributed by atoms with van der Waals surface area (Å²) in [6, 6.07) is 7.84. The van der Waals surface area contributed by atoms with Gasteiger partial charge in [-0.1, -0.05) is 40.7 Å². The van der Waals surface area contributed by atoms with E-state index in [2.05, 4.69) is 36.7 Å². The molecule has 0 saturated heterocycles. The average molecular weight is 465 g/mol. The molecule has 1 aromatic carbocycles. The minimum atomic E-state index is -0.260. The van der Waals surface area contributed by atoms with Gasteiger partial charge in [0.25, 0.3) is 5.56 Å². The fourth-order valence-electron chi connectivity index (χ4n) is 3.31. The SMILES string of the molecule is CCCSc1nc2sc3c(c2c(=O)n1-c1cccc(Br)c1)CC(C)(C)OC3. The zero-order valence-electron chi connectivity index (χ0n) is 15.5. The van der Waals surface area contributed by atoms with Crippen molar-refractivity contribution in [1.29, 1.82) is 0 Å². The van der Waals surface area contributed by atoms with E-state index in [1.54, 1.807) is 27.7 Å². The zero-order chi connectivity index (χ0) is 19.2. The van der Waals surface area contributed by atoms with Crippen molar-refractivity contribution in [2.75, 3.05) is 5.75 Å². The van der Waals surface area contributed by atoms with Gasteiger partial charge in [0, 0.05) is 21.5 Å². The fraction of sp³-hybridized carbons (Fsp3) is 0.400. The summed E-state index contributed by atoms with van der Waals surface area (Å²) in [5, 5.41) is 1.51. The summed E-state index contributed by atoms with van der Waals surface area (Å²) < 4.78 is 8.66. The van der Waals surface area contributed by atoms with Gasteiger partial charge in [-0.05, 0) is 44.0 Å². The van der Waals surface area contributed by atoms with Crippen LogP contribution in [0.25, 0.3) is 15.9 Å². The topological polar surface area (TPSA) is 44.1 Å². The Morgan fingerprint density at radius 1 is 1.41 bits per heavy atom. The molecule has 7 heteroatoms. The van der Waals surface area contributed by atoms with Crippen molar-refractivity contribution in [3.63, 3.8) is 0 Å². The molecular weight excluding hydrogens is 444 g/mol. The Labute approximate surface area is 175 Å². The predicted molar refractivity (Wildman–Crippen MR) is 117 cm³/mol. The highest BCUT2D eigenvalue weighted by Crippen LogP contribution is 2.38. The van der Waals surface area contributed by atoms with Crippen molar-refractivity contribution in [2.24, 2.45) is 0 Å². The number of thiophene rings is 1. The van der Waals surface area contributed by atoms with Crippen molar-refractivity contribution in [1.82, 2.24) is 9.55 Å². The van der Waals surface area contributed by atoms with Gasteiger partial charge < -0.3 is 4.74 Å². The molecule has 0 radical (unpaired) electrons. The molecule has 2 aromatic heterocycles. The van der Waals surface area contributed by atoms with Gasteiger partial charge in [0.05, 0.1) is 23.3 Å². The Morgan fingerprint density at radius 2 is 2.22 bits per heavy atom. The molecular formula is C20H21BrN2O2S2. The van der Waals surface area contributed by atoms with Crippen molar-refractivity contribution < 1.29 is 4.74 Å². The Bertz CT molecular complexity index is 1070. The molecule has 0 bridgehead atoms. The first-order valence-corrected chi connectivity index (χ1v) is 11.6. The van der Waals surface area contributed by atoms with Crippen LogP contribution in [0.3, 0.4) is 0 Å². The zero-order valence-corrected chi connectivity index (χ0v) is 18.8. The number of rotatable bonds is 4. The monoisotopic (exact) mass is 464 g/mol. The average Bonchev–Trinajstić information content (AvgIpc) is 2.96. The lowest BCUT2D eigenvalue weighted by atomic mass is 9.94. The Kier molecular flexibility index (Phi) is 5.22. The lowest BCUT2D eigenvalue weighted by Crippen LogP contribution is -2.32. The van der Waals surface area contributed by atoms with Gasteiger partial charge in [-0.2, -0.15) is 0 Å². The molecule has 1 aliphatic heterocycles. The third-order valence-electron chi connectivity index (χ3n) is 4.58. The fourth-order valence-corrected chi connectivity index (χ4v) is 5.71. The maximum absolute atomic E-state index is 13.6. The first kappa shape index (κ1) is 19.2. The predicted octanol–water partition coefficient (Wildman–Crippen LogP) is 5.56. The van der Waals surface area contributed by atoms with Crippen LogP contribution >= 0.6 is 39.0 Å². The number of ether oxygens (including phenoxy) is 1. The van der Waals surface area contributed by atoms with Crippen LogP contribution in [0, 0.1) is 0 Å². The summed E-state index contributed by atoms with van der Waals surface area (Å²) in [7, 11) is 0. The number of hydrogen-bond donors (Lipinski definition) is 0. The molecule has 1 aliphatic rings. The molecule has 0 amide bonds. The lowest BCUT2D eigenvalue weighted by Gasteiger charge is -2.29.